The van der Waals surface area contributed by atoms with Crippen LogP contribution in [0.4, 0.5) is 4.39 Å². The predicted molar refractivity (Wildman–Crippen MR) is 73.7 cm³/mol. The molecule has 0 bridgehead atoms. The van der Waals surface area contributed by atoms with Gasteiger partial charge in [0.1, 0.15) is 11.6 Å². The van der Waals surface area contributed by atoms with Gasteiger partial charge in [0.15, 0.2) is 0 Å². The van der Waals surface area contributed by atoms with Crippen molar-refractivity contribution in [3.8, 4) is 5.75 Å². The molecular weight excluding hydrogens is 253 g/mol. The Morgan fingerprint density at radius 2 is 1.94 bits per heavy atom. The Hall–Kier alpha value is -0.800. The van der Waals surface area contributed by atoms with Crippen molar-refractivity contribution >= 4 is 12.4 Å². The predicted octanol–water partition coefficient (Wildman–Crippen LogP) is 3.84. The zero-order valence-corrected chi connectivity index (χ0v) is 11.5. The second kappa shape index (κ2) is 6.95. The van der Waals surface area contributed by atoms with Crippen LogP contribution in [0.15, 0.2) is 18.2 Å². The zero-order chi connectivity index (χ0) is 12.3. The second-order valence-corrected chi connectivity index (χ2v) is 4.78. The van der Waals surface area contributed by atoms with Crippen molar-refractivity contribution in [3.63, 3.8) is 0 Å². The highest BCUT2D eigenvalue weighted by Crippen LogP contribution is 2.37. The largest absolute Gasteiger partial charge is 0.496 e. The fraction of sp³-hybridized carbons (Fsp3) is 0.571. The lowest BCUT2D eigenvalue weighted by molar-refractivity contribution is 0.295. The molecule has 0 aliphatic heterocycles. The first-order chi connectivity index (χ1) is 8.24. The molecule has 1 aromatic rings. The minimum atomic E-state index is -0.248. The van der Waals surface area contributed by atoms with Gasteiger partial charge in [0.25, 0.3) is 0 Å². The van der Waals surface area contributed by atoms with Crippen molar-refractivity contribution in [1.29, 1.82) is 0 Å². The summed E-state index contributed by atoms with van der Waals surface area (Å²) in [4.78, 5) is 0. The van der Waals surface area contributed by atoms with Crippen molar-refractivity contribution in [3.05, 3.63) is 29.6 Å². The fourth-order valence-electron chi connectivity index (χ4n) is 2.75. The smallest absolute Gasteiger partial charge is 0.131 e. The van der Waals surface area contributed by atoms with Crippen LogP contribution in [0.25, 0.3) is 0 Å². The van der Waals surface area contributed by atoms with Crippen molar-refractivity contribution in [1.82, 2.24) is 0 Å². The van der Waals surface area contributed by atoms with Gasteiger partial charge in [-0.2, -0.15) is 0 Å². The second-order valence-electron chi connectivity index (χ2n) is 4.78. The molecule has 1 atom stereocenters. The van der Waals surface area contributed by atoms with Gasteiger partial charge in [-0.25, -0.2) is 4.39 Å². The van der Waals surface area contributed by atoms with E-state index < -0.39 is 0 Å². The third kappa shape index (κ3) is 3.15. The quantitative estimate of drug-likeness (QED) is 0.908. The van der Waals surface area contributed by atoms with E-state index >= 15 is 0 Å². The molecule has 2 rings (SSSR count). The van der Waals surface area contributed by atoms with Crippen molar-refractivity contribution in [2.45, 2.75) is 38.1 Å². The van der Waals surface area contributed by atoms with E-state index in [4.69, 9.17) is 10.5 Å². The summed E-state index contributed by atoms with van der Waals surface area (Å²) < 4.78 is 19.1. The Labute approximate surface area is 114 Å². The van der Waals surface area contributed by atoms with Crippen LogP contribution in [-0.2, 0) is 0 Å². The van der Waals surface area contributed by atoms with Crippen LogP contribution in [0.5, 0.6) is 5.75 Å². The highest BCUT2D eigenvalue weighted by molar-refractivity contribution is 5.85. The summed E-state index contributed by atoms with van der Waals surface area (Å²) in [5.74, 6) is 0.708. The van der Waals surface area contributed by atoms with Gasteiger partial charge < -0.3 is 10.5 Å². The van der Waals surface area contributed by atoms with Crippen molar-refractivity contribution < 1.29 is 9.13 Å². The molecule has 0 amide bonds. The maximum atomic E-state index is 13.9. The number of benzene rings is 1. The standard InChI is InChI=1S/C14H20FNO.ClH/c1-17-12-9-5-8-11(15)13(12)14(16)10-6-3-2-4-7-10;/h5,8-10,14H,2-4,6-7,16H2,1H3;1H/t14-;/m0./s1. The number of halogens is 2. The Morgan fingerprint density at radius 1 is 1.28 bits per heavy atom. The highest BCUT2D eigenvalue weighted by Gasteiger charge is 2.26. The summed E-state index contributed by atoms with van der Waals surface area (Å²) in [5.41, 5.74) is 6.77. The van der Waals surface area contributed by atoms with Crippen LogP contribution < -0.4 is 10.5 Å². The molecule has 0 saturated heterocycles. The van der Waals surface area contributed by atoms with Gasteiger partial charge in [-0.1, -0.05) is 25.3 Å². The molecule has 0 radical (unpaired) electrons. The first-order valence-corrected chi connectivity index (χ1v) is 6.32. The summed E-state index contributed by atoms with van der Waals surface area (Å²) in [5, 5.41) is 0. The summed E-state index contributed by atoms with van der Waals surface area (Å²) in [6, 6.07) is 4.65. The SMILES string of the molecule is COc1cccc(F)c1[C@@H](N)C1CCCCC1.Cl. The van der Waals surface area contributed by atoms with Crippen LogP contribution in [-0.4, -0.2) is 7.11 Å². The van der Waals surface area contributed by atoms with Crippen LogP contribution in [0, 0.1) is 11.7 Å². The molecule has 0 unspecified atom stereocenters. The summed E-state index contributed by atoms with van der Waals surface area (Å²) in [6.45, 7) is 0. The maximum absolute atomic E-state index is 13.9. The van der Waals surface area contributed by atoms with E-state index in [2.05, 4.69) is 0 Å². The Bertz CT molecular complexity index is 380. The molecular formula is C14H21ClFNO. The molecule has 4 heteroatoms. The number of hydrogen-bond donors (Lipinski definition) is 1. The minimum absolute atomic E-state index is 0. The van der Waals surface area contributed by atoms with E-state index in [1.54, 1.807) is 19.2 Å². The van der Waals surface area contributed by atoms with Crippen molar-refractivity contribution in [2.24, 2.45) is 11.7 Å². The van der Waals surface area contributed by atoms with E-state index in [1.807, 2.05) is 0 Å². The normalized spacial score (nSPS) is 17.9. The Morgan fingerprint density at radius 3 is 2.56 bits per heavy atom. The van der Waals surface area contributed by atoms with E-state index in [0.717, 1.165) is 12.8 Å². The van der Waals surface area contributed by atoms with Gasteiger partial charge in [-0.3, -0.25) is 0 Å². The maximum Gasteiger partial charge on any atom is 0.131 e. The van der Waals surface area contributed by atoms with Crippen molar-refractivity contribution in [2.75, 3.05) is 7.11 Å². The highest BCUT2D eigenvalue weighted by atomic mass is 35.5. The van der Waals surface area contributed by atoms with E-state index in [0.29, 0.717) is 17.2 Å². The average Bonchev–Trinajstić information content (AvgIpc) is 2.38. The molecule has 0 heterocycles. The number of rotatable bonds is 3. The van der Waals surface area contributed by atoms with Gasteiger partial charge in [-0.15, -0.1) is 12.4 Å². The first-order valence-electron chi connectivity index (χ1n) is 6.32. The van der Waals surface area contributed by atoms with Gasteiger partial charge in [0.2, 0.25) is 0 Å². The van der Waals surface area contributed by atoms with Crippen LogP contribution in [0.1, 0.15) is 43.7 Å². The molecule has 1 saturated carbocycles. The summed E-state index contributed by atoms with van der Waals surface area (Å²) >= 11 is 0. The molecule has 102 valence electrons. The summed E-state index contributed by atoms with van der Waals surface area (Å²) in [7, 11) is 1.56. The van der Waals surface area contributed by atoms with E-state index in [1.165, 1.54) is 25.3 Å². The summed E-state index contributed by atoms with van der Waals surface area (Å²) in [6.07, 6.45) is 5.87. The zero-order valence-electron chi connectivity index (χ0n) is 10.7. The fourth-order valence-corrected chi connectivity index (χ4v) is 2.75. The monoisotopic (exact) mass is 273 g/mol. The molecule has 2 N–H and O–H groups in total. The lowest BCUT2D eigenvalue weighted by atomic mass is 9.81. The molecule has 1 aliphatic rings. The Kier molecular flexibility index (Phi) is 5.89. The van der Waals surface area contributed by atoms with Gasteiger partial charge in [0.05, 0.1) is 7.11 Å². The lowest BCUT2D eigenvalue weighted by Crippen LogP contribution is -2.25. The van der Waals surface area contributed by atoms with E-state index in [-0.39, 0.29) is 24.3 Å². The molecule has 1 aromatic carbocycles. The molecule has 18 heavy (non-hydrogen) atoms. The Balaban J connectivity index is 0.00000162. The molecule has 1 fully saturated rings. The average molecular weight is 274 g/mol. The molecule has 0 aromatic heterocycles. The molecule has 1 aliphatic carbocycles. The van der Waals surface area contributed by atoms with Gasteiger partial charge in [-0.05, 0) is 30.9 Å². The number of hydrogen-bond acceptors (Lipinski definition) is 2. The van der Waals surface area contributed by atoms with Crippen LogP contribution in [0.3, 0.4) is 0 Å². The third-order valence-corrected chi connectivity index (χ3v) is 3.72. The number of nitrogens with two attached hydrogens (primary N) is 1. The van der Waals surface area contributed by atoms with Crippen LogP contribution in [0.2, 0.25) is 0 Å². The van der Waals surface area contributed by atoms with Gasteiger partial charge >= 0.3 is 0 Å². The third-order valence-electron chi connectivity index (χ3n) is 3.72. The van der Waals surface area contributed by atoms with E-state index in [9.17, 15) is 4.39 Å². The number of methoxy groups -OCH3 is 1. The molecule has 0 spiro atoms. The minimum Gasteiger partial charge on any atom is -0.496 e. The first kappa shape index (κ1) is 15.3. The van der Waals surface area contributed by atoms with Crippen LogP contribution >= 0.6 is 12.4 Å². The lowest BCUT2D eigenvalue weighted by Gasteiger charge is -2.28. The van der Waals surface area contributed by atoms with Gasteiger partial charge in [0, 0.05) is 11.6 Å². The topological polar surface area (TPSA) is 35.2 Å². The molecule has 2 nitrogen and oxygen atoms in total. The number of ether oxygens (including phenoxy) is 1.